The summed E-state index contributed by atoms with van der Waals surface area (Å²) in [6.45, 7) is 2.08. The molecule has 0 bridgehead atoms. The van der Waals surface area contributed by atoms with Gasteiger partial charge in [0.15, 0.2) is 0 Å². The van der Waals surface area contributed by atoms with Crippen LogP contribution < -0.4 is 9.04 Å². The number of hydrogen-bond acceptors (Lipinski definition) is 3. The van der Waals surface area contributed by atoms with Crippen molar-refractivity contribution < 1.29 is 26.3 Å². The number of rotatable bonds is 11. The van der Waals surface area contributed by atoms with Crippen molar-refractivity contribution in [2.24, 2.45) is 0 Å². The number of anilines is 1. The summed E-state index contributed by atoms with van der Waals surface area (Å²) in [6.07, 6.45) is -2.97. The highest BCUT2D eigenvalue weighted by molar-refractivity contribution is 7.92. The minimum Gasteiger partial charge on any atom is -0.489 e. The molecule has 8 heteroatoms. The van der Waals surface area contributed by atoms with Gasteiger partial charge >= 0.3 is 6.18 Å². The summed E-state index contributed by atoms with van der Waals surface area (Å²) in [5.74, 6) is 0.433. The van der Waals surface area contributed by atoms with Gasteiger partial charge < -0.3 is 4.74 Å². The molecule has 4 rings (SSSR count). The summed E-state index contributed by atoms with van der Waals surface area (Å²) >= 11 is 0. The van der Waals surface area contributed by atoms with Crippen LogP contribution in [0.1, 0.15) is 35.1 Å². The van der Waals surface area contributed by atoms with Gasteiger partial charge in [-0.15, -0.1) is 0 Å². The molecule has 0 aromatic heterocycles. The van der Waals surface area contributed by atoms with Crippen LogP contribution in [-0.4, -0.2) is 15.0 Å². The zero-order valence-corrected chi connectivity index (χ0v) is 22.4. The Labute approximate surface area is 227 Å². The van der Waals surface area contributed by atoms with Crippen molar-refractivity contribution in [2.45, 2.75) is 43.9 Å². The van der Waals surface area contributed by atoms with Gasteiger partial charge in [0.1, 0.15) is 12.4 Å². The average molecular weight is 554 g/mol. The lowest BCUT2D eigenvalue weighted by atomic mass is 10.1. The van der Waals surface area contributed by atoms with Crippen LogP contribution >= 0.6 is 0 Å². The third kappa shape index (κ3) is 7.41. The summed E-state index contributed by atoms with van der Waals surface area (Å²) in [5.41, 5.74) is 1.85. The van der Waals surface area contributed by atoms with E-state index in [4.69, 9.17) is 4.74 Å². The number of sulfonamides is 1. The lowest BCUT2D eigenvalue weighted by Gasteiger charge is -2.27. The summed E-state index contributed by atoms with van der Waals surface area (Å²) in [5, 5.41) is 0. The molecule has 204 valence electrons. The standard InChI is InChI=1S/C31H30F3NO3S/c1-24-20-27(22-28(21-24)38-23-26-15-6-3-7-16-26)35(19-11-10-14-25-12-4-2-5-13-25)39(36,37)30-18-9-8-17-29(30)31(32,33)34/h2-9,12-13,15-18,20-22H,10-11,14,19,23H2,1H3. The second-order valence-electron chi connectivity index (χ2n) is 9.29. The van der Waals surface area contributed by atoms with E-state index in [1.54, 1.807) is 25.1 Å². The molecule has 0 heterocycles. The molecule has 0 amide bonds. The lowest BCUT2D eigenvalue weighted by Crippen LogP contribution is -2.33. The first kappa shape index (κ1) is 28.2. The molecule has 4 aromatic rings. The van der Waals surface area contributed by atoms with Crippen LogP contribution in [0, 0.1) is 6.92 Å². The molecule has 0 aliphatic heterocycles. The fourth-order valence-corrected chi connectivity index (χ4v) is 6.06. The Morgan fingerprint density at radius 3 is 2.05 bits per heavy atom. The van der Waals surface area contributed by atoms with Crippen LogP contribution in [0.25, 0.3) is 0 Å². The van der Waals surface area contributed by atoms with Crippen LogP contribution in [0.5, 0.6) is 5.75 Å². The van der Waals surface area contributed by atoms with Crippen molar-refractivity contribution in [3.63, 3.8) is 0 Å². The van der Waals surface area contributed by atoms with Crippen molar-refractivity contribution in [1.82, 2.24) is 0 Å². The van der Waals surface area contributed by atoms with E-state index in [-0.39, 0.29) is 18.8 Å². The predicted molar refractivity (Wildman–Crippen MR) is 147 cm³/mol. The van der Waals surface area contributed by atoms with Crippen molar-refractivity contribution in [2.75, 3.05) is 10.8 Å². The number of alkyl halides is 3. The van der Waals surface area contributed by atoms with Crippen molar-refractivity contribution in [3.05, 3.63) is 125 Å². The second kappa shape index (κ2) is 12.4. The average Bonchev–Trinajstić information content (AvgIpc) is 2.92. The predicted octanol–water partition coefficient (Wildman–Crippen LogP) is 7.81. The summed E-state index contributed by atoms with van der Waals surface area (Å²) < 4.78 is 76.2. The normalized spacial score (nSPS) is 11.8. The molecule has 0 unspecified atom stereocenters. The molecule has 39 heavy (non-hydrogen) atoms. The molecule has 0 radical (unpaired) electrons. The first-order chi connectivity index (χ1) is 18.6. The first-order valence-corrected chi connectivity index (χ1v) is 14.1. The third-order valence-corrected chi connectivity index (χ3v) is 8.14. The van der Waals surface area contributed by atoms with E-state index in [0.717, 1.165) is 39.5 Å². The minimum absolute atomic E-state index is 0.0168. The van der Waals surface area contributed by atoms with Gasteiger partial charge in [0.05, 0.1) is 16.1 Å². The fourth-order valence-electron chi connectivity index (χ4n) is 4.36. The van der Waals surface area contributed by atoms with Gasteiger partial charge in [-0.1, -0.05) is 72.8 Å². The van der Waals surface area contributed by atoms with E-state index in [1.165, 1.54) is 12.1 Å². The summed E-state index contributed by atoms with van der Waals surface area (Å²) in [6, 6.07) is 28.6. The molecular weight excluding hydrogens is 523 g/mol. The van der Waals surface area contributed by atoms with Crippen molar-refractivity contribution in [1.29, 1.82) is 0 Å². The monoisotopic (exact) mass is 553 g/mol. The second-order valence-corrected chi connectivity index (χ2v) is 11.1. The lowest BCUT2D eigenvalue weighted by molar-refractivity contribution is -0.139. The molecule has 0 fully saturated rings. The van der Waals surface area contributed by atoms with E-state index in [2.05, 4.69) is 0 Å². The van der Waals surface area contributed by atoms with Crippen LogP contribution in [0.2, 0.25) is 0 Å². The number of aryl methyl sites for hydroxylation is 2. The molecule has 0 aliphatic carbocycles. The first-order valence-electron chi connectivity index (χ1n) is 12.7. The molecule has 4 nitrogen and oxygen atoms in total. The van der Waals surface area contributed by atoms with Crippen LogP contribution in [0.4, 0.5) is 18.9 Å². The number of halogens is 3. The van der Waals surface area contributed by atoms with Crippen molar-refractivity contribution >= 4 is 15.7 Å². The summed E-state index contributed by atoms with van der Waals surface area (Å²) in [7, 11) is -4.56. The van der Waals surface area contributed by atoms with Gasteiger partial charge in [-0.3, -0.25) is 4.31 Å². The molecule has 4 aromatic carbocycles. The molecular formula is C31H30F3NO3S. The SMILES string of the molecule is Cc1cc(OCc2ccccc2)cc(N(CCCCc2ccccc2)S(=O)(=O)c2ccccc2C(F)(F)F)c1. The Morgan fingerprint density at radius 2 is 1.38 bits per heavy atom. The number of benzene rings is 4. The van der Waals surface area contributed by atoms with Gasteiger partial charge in [-0.05, 0) is 67.1 Å². The Kier molecular flexibility index (Phi) is 8.97. The zero-order valence-electron chi connectivity index (χ0n) is 21.6. The van der Waals surface area contributed by atoms with E-state index < -0.39 is 26.7 Å². The molecule has 0 saturated carbocycles. The van der Waals surface area contributed by atoms with Gasteiger partial charge in [0.2, 0.25) is 0 Å². The number of ether oxygens (including phenoxy) is 1. The number of unbranched alkanes of at least 4 members (excludes halogenated alkanes) is 1. The van der Waals surface area contributed by atoms with E-state index in [0.29, 0.717) is 18.6 Å². The maximum Gasteiger partial charge on any atom is 0.417 e. The number of nitrogens with zero attached hydrogens (tertiary/aromatic N) is 1. The van der Waals surface area contributed by atoms with Gasteiger partial charge in [0, 0.05) is 12.6 Å². The highest BCUT2D eigenvalue weighted by Gasteiger charge is 2.39. The minimum atomic E-state index is -4.82. The van der Waals surface area contributed by atoms with E-state index in [9.17, 15) is 21.6 Å². The Bertz CT molecular complexity index is 1470. The molecule has 0 N–H and O–H groups in total. The number of hydrogen-bond donors (Lipinski definition) is 0. The fraction of sp³-hybridized carbons (Fsp3) is 0.226. The van der Waals surface area contributed by atoms with Crippen LogP contribution in [-0.2, 0) is 29.2 Å². The van der Waals surface area contributed by atoms with Crippen molar-refractivity contribution in [3.8, 4) is 5.75 Å². The Hall–Kier alpha value is -3.78. The third-order valence-electron chi connectivity index (χ3n) is 6.25. The van der Waals surface area contributed by atoms with Gasteiger partial charge in [0.25, 0.3) is 10.0 Å². The zero-order chi connectivity index (χ0) is 27.9. The quantitative estimate of drug-likeness (QED) is 0.178. The maximum absolute atomic E-state index is 13.9. The molecule has 0 atom stereocenters. The Morgan fingerprint density at radius 1 is 0.769 bits per heavy atom. The largest absolute Gasteiger partial charge is 0.489 e. The van der Waals surface area contributed by atoms with E-state index in [1.807, 2.05) is 60.7 Å². The van der Waals surface area contributed by atoms with E-state index >= 15 is 0 Å². The highest BCUT2D eigenvalue weighted by Crippen LogP contribution is 2.37. The van der Waals surface area contributed by atoms with Crippen LogP contribution in [0.15, 0.2) is 108 Å². The van der Waals surface area contributed by atoms with Gasteiger partial charge in [-0.2, -0.15) is 13.2 Å². The Balaban J connectivity index is 1.66. The maximum atomic E-state index is 13.9. The molecule has 0 saturated heterocycles. The topological polar surface area (TPSA) is 46.6 Å². The highest BCUT2D eigenvalue weighted by atomic mass is 32.2. The smallest absolute Gasteiger partial charge is 0.417 e. The molecule has 0 spiro atoms. The summed E-state index contributed by atoms with van der Waals surface area (Å²) in [4.78, 5) is -0.770. The van der Waals surface area contributed by atoms with Gasteiger partial charge in [-0.25, -0.2) is 8.42 Å². The molecule has 0 aliphatic rings. The van der Waals surface area contributed by atoms with Crippen LogP contribution in [0.3, 0.4) is 0 Å².